The van der Waals surface area contributed by atoms with Crippen LogP contribution in [-0.4, -0.2) is 119 Å². The van der Waals surface area contributed by atoms with Crippen LogP contribution < -0.4 is 11.4 Å². The van der Waals surface area contributed by atoms with Gasteiger partial charge in [-0.05, 0) is 31.2 Å². The number of aliphatic hydroxyl groups excluding tert-OH is 5. The summed E-state index contributed by atoms with van der Waals surface area (Å²) in [5.41, 5.74) is 4.73. The first-order valence-corrected chi connectivity index (χ1v) is 28.0. The number of cyclic esters (lactones) is 1. The minimum atomic E-state index is -5.69. The first kappa shape index (κ1) is 61.4. The van der Waals surface area contributed by atoms with Gasteiger partial charge in [-0.1, -0.05) is 135 Å². The second kappa shape index (κ2) is 32.3. The van der Waals surface area contributed by atoms with Gasteiger partial charge in [0.15, 0.2) is 6.10 Å². The number of hydrogen-bond donors (Lipinski definition) is 8. The van der Waals surface area contributed by atoms with Crippen molar-refractivity contribution in [1.29, 1.82) is 0 Å². The molecule has 23 heteroatoms. The van der Waals surface area contributed by atoms with Crippen molar-refractivity contribution < 1.29 is 81.6 Å². The van der Waals surface area contributed by atoms with Gasteiger partial charge in [-0.3, -0.25) is 23.2 Å². The van der Waals surface area contributed by atoms with Crippen LogP contribution in [0.25, 0.3) is 0 Å². The Labute approximate surface area is 412 Å². The number of aromatic nitrogens is 2. The third kappa shape index (κ3) is 23.8. The molecule has 3 rings (SSSR count). The van der Waals surface area contributed by atoms with E-state index in [9.17, 15) is 58.8 Å². The fourth-order valence-electron chi connectivity index (χ4n) is 8.28. The van der Waals surface area contributed by atoms with Crippen molar-refractivity contribution in [2.75, 3.05) is 25.6 Å². The van der Waals surface area contributed by atoms with Crippen LogP contribution in [0.1, 0.15) is 155 Å². The van der Waals surface area contributed by atoms with Crippen molar-refractivity contribution >= 4 is 33.4 Å². The van der Waals surface area contributed by atoms with Crippen molar-refractivity contribution in [3.05, 3.63) is 47.1 Å². The lowest BCUT2D eigenvalue weighted by atomic mass is 9.82. The summed E-state index contributed by atoms with van der Waals surface area (Å²) in [5.74, 6) is -3.66. The molecular formula is C47H81N3O18P2. The third-order valence-electron chi connectivity index (χ3n) is 12.3. The largest absolute Gasteiger partial charge is 0.481 e. The van der Waals surface area contributed by atoms with Crippen LogP contribution in [0, 0.1) is 17.8 Å². The van der Waals surface area contributed by atoms with Crippen LogP contribution in [0.4, 0.5) is 5.82 Å². The molecule has 1 aromatic heterocycles. The number of fused-ring (bicyclic) bond motifs is 3. The van der Waals surface area contributed by atoms with Crippen LogP contribution in [-0.2, 0) is 46.3 Å². The van der Waals surface area contributed by atoms with Crippen molar-refractivity contribution in [1.82, 2.24) is 9.55 Å². The summed E-state index contributed by atoms with van der Waals surface area (Å²) >= 11 is 0. The minimum Gasteiger partial charge on any atom is -0.462 e. The molecule has 2 aliphatic heterocycles. The smallest absolute Gasteiger partial charge is 0.462 e. The van der Waals surface area contributed by atoms with E-state index in [1.165, 1.54) is 75.3 Å². The number of nitrogens with two attached hydrogens (primary N) is 1. The summed E-state index contributed by atoms with van der Waals surface area (Å²) in [6.07, 6.45) is 7.93. The number of unbranched alkanes of at least 4 members (excludes halogenated alkanes) is 12. The Hall–Kier alpha value is -2.88. The summed E-state index contributed by atoms with van der Waals surface area (Å²) < 4.78 is 58.5. The normalized spacial score (nSPS) is 30.9. The molecule has 21 nitrogen and oxygen atoms in total. The molecule has 1 saturated heterocycles. The molecule has 1 fully saturated rings. The van der Waals surface area contributed by atoms with Gasteiger partial charge in [0.1, 0.15) is 30.9 Å². The second-order valence-electron chi connectivity index (χ2n) is 18.8. The van der Waals surface area contributed by atoms with E-state index in [-0.39, 0.29) is 18.7 Å². The topological polar surface area (TPSA) is 326 Å². The SMILES string of the molecule is CCCCC[C@@H](O)C=C[C@@H]1[C@H](O)[C@H](O)[C@H]2COP(=O)(O)OP(=O)(O)OC[C@@H](COC(=O)CCCCCCCCCCCCCC(C)C)OC(=O)C/C=C\C[C@@H]([C@H](n3ccc(N)nc3=O)O2)[C@@H](O)C[C@H]1O. The number of phosphoric ester groups is 2. The molecular weight excluding hydrogens is 956 g/mol. The molecule has 1 aromatic rings. The van der Waals surface area contributed by atoms with E-state index in [0.29, 0.717) is 19.3 Å². The Morgan fingerprint density at radius 3 is 2.11 bits per heavy atom. The Morgan fingerprint density at radius 1 is 0.871 bits per heavy atom. The van der Waals surface area contributed by atoms with Gasteiger partial charge in [0.05, 0.1) is 44.1 Å². The van der Waals surface area contributed by atoms with Crippen molar-refractivity contribution in [3.8, 4) is 0 Å². The van der Waals surface area contributed by atoms with Gasteiger partial charge in [-0.2, -0.15) is 9.29 Å². The summed E-state index contributed by atoms with van der Waals surface area (Å²) in [6.45, 7) is 3.72. The Morgan fingerprint density at radius 2 is 1.49 bits per heavy atom. The molecule has 12 atom stereocenters. The van der Waals surface area contributed by atoms with Gasteiger partial charge in [0.25, 0.3) is 0 Å². The number of phosphoric acid groups is 2. The lowest BCUT2D eigenvalue weighted by molar-refractivity contribution is -0.194. The molecule has 3 heterocycles. The summed E-state index contributed by atoms with van der Waals surface area (Å²) in [5, 5.41) is 57.2. The third-order valence-corrected chi connectivity index (χ3v) is 14.9. The molecule has 0 aromatic carbocycles. The standard InChI is InChI=1S/C47H81N3O18P2/c1-4-5-15-21-34(51)25-26-36-38(52)29-39(53)37-22-18-19-24-43(55)66-35(30-63-42(54)23-17-14-12-10-8-6-7-9-11-13-16-20-33(2)3)31-64-69(59,60)68-70(61,62)65-32-40(45(57)44(36)56)67-46(37)50-28-27-41(48)49-47(50)58/h18-19,25-28,33-40,44-46,51-53,56-57H,4-17,20-24,29-32H2,1-3H3,(H,59,60)(H,61,62)(H2,48,49,58)/b19-18-,26-25?/t34-,35-,36+,37-,38-,39+,40-,44+,45-,46-/m1/s1. The van der Waals surface area contributed by atoms with E-state index >= 15 is 0 Å². The van der Waals surface area contributed by atoms with E-state index in [1.807, 2.05) is 6.92 Å². The quantitative estimate of drug-likeness (QED) is 0.0267. The molecule has 0 saturated carbocycles. The maximum atomic E-state index is 13.3. The molecule has 0 spiro atoms. The molecule has 0 amide bonds. The van der Waals surface area contributed by atoms with Crippen LogP contribution >= 0.6 is 15.6 Å². The predicted molar refractivity (Wildman–Crippen MR) is 258 cm³/mol. The molecule has 0 radical (unpaired) electrons. The van der Waals surface area contributed by atoms with E-state index in [1.54, 1.807) is 0 Å². The number of anilines is 1. The maximum Gasteiger partial charge on any atom is 0.481 e. The zero-order valence-electron chi connectivity index (χ0n) is 41.1. The predicted octanol–water partition coefficient (Wildman–Crippen LogP) is 6.07. The van der Waals surface area contributed by atoms with Gasteiger partial charge < -0.3 is 55.3 Å². The molecule has 402 valence electrons. The molecule has 2 unspecified atom stereocenters. The molecule has 0 aliphatic carbocycles. The average Bonchev–Trinajstić information content (AvgIpc) is 3.28. The van der Waals surface area contributed by atoms with Gasteiger partial charge in [0, 0.05) is 30.9 Å². The van der Waals surface area contributed by atoms with Gasteiger partial charge in [0.2, 0.25) is 0 Å². The first-order valence-electron chi connectivity index (χ1n) is 25.0. The Bertz CT molecular complexity index is 1900. The van der Waals surface area contributed by atoms with E-state index in [2.05, 4.69) is 23.1 Å². The highest BCUT2D eigenvalue weighted by molar-refractivity contribution is 7.61. The highest BCUT2D eigenvalue weighted by atomic mass is 31.3. The number of rotatable bonds is 23. The Balaban J connectivity index is 1.81. The highest BCUT2D eigenvalue weighted by Gasteiger charge is 2.45. The number of esters is 2. The number of aliphatic hydroxyl groups is 5. The Kier molecular flexibility index (Phi) is 28.4. The zero-order chi connectivity index (χ0) is 51.7. The minimum absolute atomic E-state index is 0.0624. The molecule has 9 N–H and O–H groups in total. The monoisotopic (exact) mass is 1040 g/mol. The van der Waals surface area contributed by atoms with Crippen molar-refractivity contribution in [2.24, 2.45) is 17.8 Å². The van der Waals surface area contributed by atoms with Crippen molar-refractivity contribution in [3.63, 3.8) is 0 Å². The number of carbonyl (C=O) groups is 2. The lowest BCUT2D eigenvalue weighted by Gasteiger charge is -2.40. The zero-order valence-corrected chi connectivity index (χ0v) is 42.9. The first-order chi connectivity index (χ1) is 33.2. The van der Waals surface area contributed by atoms with Crippen LogP contribution in [0.5, 0.6) is 0 Å². The second-order valence-corrected chi connectivity index (χ2v) is 21.8. The summed E-state index contributed by atoms with van der Waals surface area (Å²) in [6, 6.07) is 1.22. The number of carbonyl (C=O) groups excluding carboxylic acids is 2. The molecule has 2 aliphatic rings. The number of allylic oxidation sites excluding steroid dienone is 1. The number of nitrogen functional groups attached to an aromatic ring is 1. The highest BCUT2D eigenvalue weighted by Crippen LogP contribution is 2.60. The lowest BCUT2D eigenvalue weighted by Crippen LogP contribution is -2.52. The van der Waals surface area contributed by atoms with Crippen LogP contribution in [0.2, 0.25) is 0 Å². The average molecular weight is 1040 g/mol. The van der Waals surface area contributed by atoms with E-state index < -0.39 is 127 Å². The number of hydrogen-bond acceptors (Lipinski definition) is 18. The fraction of sp³-hybridized carbons (Fsp3) is 0.787. The number of ether oxygens (including phenoxy) is 3. The molecule has 70 heavy (non-hydrogen) atoms. The van der Waals surface area contributed by atoms with Gasteiger partial charge in [-0.15, -0.1) is 0 Å². The van der Waals surface area contributed by atoms with Gasteiger partial charge in [-0.25, -0.2) is 13.9 Å². The van der Waals surface area contributed by atoms with Crippen LogP contribution in [0.3, 0.4) is 0 Å². The molecule has 2 bridgehead atoms. The number of nitrogens with zero attached hydrogens (tertiary/aromatic N) is 2. The summed E-state index contributed by atoms with van der Waals surface area (Å²) in [7, 11) is -11.3. The maximum absolute atomic E-state index is 13.3. The van der Waals surface area contributed by atoms with Gasteiger partial charge >= 0.3 is 33.3 Å². The van der Waals surface area contributed by atoms with Crippen LogP contribution in [0.15, 0.2) is 41.4 Å². The summed E-state index contributed by atoms with van der Waals surface area (Å²) in [4.78, 5) is 64.0. The fourth-order valence-corrected chi connectivity index (χ4v) is 10.4. The van der Waals surface area contributed by atoms with E-state index in [0.717, 1.165) is 55.2 Å². The van der Waals surface area contributed by atoms with E-state index in [4.69, 9.17) is 29.0 Å². The van der Waals surface area contributed by atoms with Crippen molar-refractivity contribution in [2.45, 2.75) is 198 Å².